The third-order valence-corrected chi connectivity index (χ3v) is 2.52. The third kappa shape index (κ3) is 2.04. The lowest BCUT2D eigenvalue weighted by molar-refractivity contribution is 0.0696. The second-order valence-electron chi connectivity index (χ2n) is 3.95. The minimum absolute atomic E-state index is 0.168. The van der Waals surface area contributed by atoms with Crippen LogP contribution in [-0.4, -0.2) is 25.6 Å². The summed E-state index contributed by atoms with van der Waals surface area (Å²) in [6.45, 7) is 3.44. The van der Waals surface area contributed by atoms with Gasteiger partial charge in [-0.2, -0.15) is 0 Å². The van der Waals surface area contributed by atoms with Crippen LogP contribution in [0.3, 0.4) is 0 Å². The van der Waals surface area contributed by atoms with Gasteiger partial charge in [-0.1, -0.05) is 0 Å². The Kier molecular flexibility index (Phi) is 2.67. The molecular weight excluding hydrogens is 218 g/mol. The van der Waals surface area contributed by atoms with Gasteiger partial charge in [-0.25, -0.2) is 14.8 Å². The number of aromatic carboxylic acids is 1. The molecule has 0 aliphatic rings. The summed E-state index contributed by atoms with van der Waals surface area (Å²) in [4.78, 5) is 19.6. The van der Waals surface area contributed by atoms with Crippen LogP contribution in [0.1, 0.15) is 21.9 Å². The summed E-state index contributed by atoms with van der Waals surface area (Å²) >= 11 is 0. The van der Waals surface area contributed by atoms with E-state index in [1.165, 1.54) is 0 Å². The summed E-state index contributed by atoms with van der Waals surface area (Å²) in [6.07, 6.45) is 3.70. The van der Waals surface area contributed by atoms with Crippen LogP contribution >= 0.6 is 0 Å². The highest BCUT2D eigenvalue weighted by Gasteiger charge is 2.18. The van der Waals surface area contributed by atoms with Crippen molar-refractivity contribution in [2.24, 2.45) is 7.05 Å². The summed E-state index contributed by atoms with van der Waals surface area (Å²) in [5, 5.41) is 9.22. The zero-order valence-corrected chi connectivity index (χ0v) is 9.93. The molecule has 0 aromatic carbocycles. The maximum Gasteiger partial charge on any atom is 0.339 e. The molecule has 0 fully saturated rings. The fourth-order valence-electron chi connectivity index (χ4n) is 1.82. The Hall–Kier alpha value is -2.17. The molecule has 0 aliphatic heterocycles. The number of aromatic nitrogens is 3. The second-order valence-corrected chi connectivity index (χ2v) is 3.95. The Labute approximate surface area is 98.8 Å². The van der Waals surface area contributed by atoms with Crippen LogP contribution < -0.4 is 0 Å². The van der Waals surface area contributed by atoms with E-state index in [9.17, 15) is 9.90 Å². The van der Waals surface area contributed by atoms with E-state index in [0.29, 0.717) is 17.2 Å². The summed E-state index contributed by atoms with van der Waals surface area (Å²) in [6, 6.07) is 1.84. The van der Waals surface area contributed by atoms with Gasteiger partial charge in [0.25, 0.3) is 0 Å². The van der Waals surface area contributed by atoms with Crippen molar-refractivity contribution in [3.8, 4) is 11.3 Å². The van der Waals surface area contributed by atoms with Crippen LogP contribution in [0, 0.1) is 13.8 Å². The maximum atomic E-state index is 11.2. The molecule has 0 atom stereocenters. The van der Waals surface area contributed by atoms with Gasteiger partial charge in [-0.3, -0.25) is 0 Å². The lowest BCUT2D eigenvalue weighted by Gasteiger charge is -2.07. The van der Waals surface area contributed by atoms with E-state index in [-0.39, 0.29) is 5.56 Å². The van der Waals surface area contributed by atoms with Gasteiger partial charge in [0, 0.05) is 25.0 Å². The Morgan fingerprint density at radius 2 is 2.06 bits per heavy atom. The van der Waals surface area contributed by atoms with Gasteiger partial charge in [0.1, 0.15) is 11.4 Å². The van der Waals surface area contributed by atoms with E-state index in [4.69, 9.17) is 0 Å². The van der Waals surface area contributed by atoms with Crippen molar-refractivity contribution in [1.82, 2.24) is 14.5 Å². The summed E-state index contributed by atoms with van der Waals surface area (Å²) in [7, 11) is 1.88. The number of aryl methyl sites for hydroxylation is 3. The number of hydrogen-bond acceptors (Lipinski definition) is 3. The van der Waals surface area contributed by atoms with E-state index in [1.54, 1.807) is 13.8 Å². The molecule has 1 N–H and O–H groups in total. The molecule has 2 aromatic rings. The molecule has 5 heteroatoms. The number of carboxylic acids is 1. The van der Waals surface area contributed by atoms with E-state index >= 15 is 0 Å². The Morgan fingerprint density at radius 3 is 2.59 bits per heavy atom. The van der Waals surface area contributed by atoms with Crippen molar-refractivity contribution in [3.63, 3.8) is 0 Å². The van der Waals surface area contributed by atoms with Gasteiger partial charge >= 0.3 is 5.97 Å². The van der Waals surface area contributed by atoms with E-state index < -0.39 is 5.97 Å². The van der Waals surface area contributed by atoms with Crippen LogP contribution in [0.5, 0.6) is 0 Å². The van der Waals surface area contributed by atoms with Crippen molar-refractivity contribution in [1.29, 1.82) is 0 Å². The lowest BCUT2D eigenvalue weighted by atomic mass is 10.1. The van der Waals surface area contributed by atoms with Crippen molar-refractivity contribution < 1.29 is 9.90 Å². The Morgan fingerprint density at radius 1 is 1.35 bits per heavy atom. The molecule has 2 rings (SSSR count). The third-order valence-electron chi connectivity index (χ3n) is 2.52. The molecule has 0 spiro atoms. The fourth-order valence-corrected chi connectivity index (χ4v) is 1.82. The molecule has 0 aliphatic carbocycles. The minimum Gasteiger partial charge on any atom is -0.478 e. The molecule has 0 saturated carbocycles. The summed E-state index contributed by atoms with van der Waals surface area (Å²) in [5.41, 5.74) is 1.92. The number of hydrogen-bond donors (Lipinski definition) is 1. The molecule has 0 amide bonds. The molecule has 2 aromatic heterocycles. The monoisotopic (exact) mass is 231 g/mol. The molecule has 88 valence electrons. The van der Waals surface area contributed by atoms with E-state index in [2.05, 4.69) is 9.97 Å². The number of rotatable bonds is 2. The zero-order chi connectivity index (χ0) is 12.6. The summed E-state index contributed by atoms with van der Waals surface area (Å²) in [5.74, 6) is -0.423. The first-order valence-electron chi connectivity index (χ1n) is 5.20. The van der Waals surface area contributed by atoms with Gasteiger partial charge in [0.2, 0.25) is 0 Å². The smallest absolute Gasteiger partial charge is 0.339 e. The lowest BCUT2D eigenvalue weighted by Crippen LogP contribution is -2.08. The van der Waals surface area contributed by atoms with E-state index in [1.807, 2.05) is 30.1 Å². The van der Waals surface area contributed by atoms with Crippen LogP contribution in [-0.2, 0) is 7.05 Å². The first-order chi connectivity index (χ1) is 7.99. The highest BCUT2D eigenvalue weighted by Crippen LogP contribution is 2.23. The average Bonchev–Trinajstić information content (AvgIpc) is 2.62. The standard InChI is InChI=1S/C12H13N3O2/c1-7-10(12(16)17)11(14-8(2)13-7)9-4-5-15(3)6-9/h4-6H,1-3H3,(H,16,17). The van der Waals surface area contributed by atoms with Crippen LogP contribution in [0.2, 0.25) is 0 Å². The fraction of sp³-hybridized carbons (Fsp3) is 0.250. The maximum absolute atomic E-state index is 11.2. The first-order valence-corrected chi connectivity index (χ1v) is 5.20. The minimum atomic E-state index is -0.999. The van der Waals surface area contributed by atoms with Gasteiger partial charge < -0.3 is 9.67 Å². The first kappa shape index (κ1) is 11.3. The van der Waals surface area contributed by atoms with Crippen LogP contribution in [0.15, 0.2) is 18.5 Å². The normalized spacial score (nSPS) is 10.5. The SMILES string of the molecule is Cc1nc(C)c(C(=O)O)c(-c2ccn(C)c2)n1. The molecule has 17 heavy (non-hydrogen) atoms. The molecule has 0 unspecified atom stereocenters. The molecule has 0 bridgehead atoms. The van der Waals surface area contributed by atoms with Gasteiger partial charge in [0.15, 0.2) is 0 Å². The highest BCUT2D eigenvalue weighted by atomic mass is 16.4. The van der Waals surface area contributed by atoms with Gasteiger partial charge in [-0.05, 0) is 19.9 Å². The quantitative estimate of drug-likeness (QED) is 0.855. The van der Waals surface area contributed by atoms with Crippen molar-refractivity contribution in [2.45, 2.75) is 13.8 Å². The molecule has 2 heterocycles. The van der Waals surface area contributed by atoms with Gasteiger partial charge in [0.05, 0.1) is 11.4 Å². The van der Waals surface area contributed by atoms with Gasteiger partial charge in [-0.15, -0.1) is 0 Å². The predicted octanol–water partition coefficient (Wildman–Crippen LogP) is 1.80. The molecular formula is C12H13N3O2. The van der Waals surface area contributed by atoms with Crippen molar-refractivity contribution >= 4 is 5.97 Å². The zero-order valence-electron chi connectivity index (χ0n) is 9.93. The average molecular weight is 231 g/mol. The second kappa shape index (κ2) is 4.01. The Balaban J connectivity index is 2.71. The van der Waals surface area contributed by atoms with Crippen LogP contribution in [0.25, 0.3) is 11.3 Å². The van der Waals surface area contributed by atoms with E-state index in [0.717, 1.165) is 5.56 Å². The largest absolute Gasteiger partial charge is 0.478 e. The van der Waals surface area contributed by atoms with Crippen LogP contribution in [0.4, 0.5) is 0 Å². The summed E-state index contributed by atoms with van der Waals surface area (Å²) < 4.78 is 1.85. The topological polar surface area (TPSA) is 68.0 Å². The number of carboxylic acid groups (broad SMARTS) is 1. The number of carbonyl (C=O) groups is 1. The van der Waals surface area contributed by atoms with Crippen molar-refractivity contribution in [3.05, 3.63) is 35.5 Å². The highest BCUT2D eigenvalue weighted by molar-refractivity contribution is 5.95. The predicted molar refractivity (Wildman–Crippen MR) is 62.9 cm³/mol. The Bertz CT molecular complexity index is 587. The number of nitrogens with zero attached hydrogens (tertiary/aromatic N) is 3. The molecule has 5 nitrogen and oxygen atoms in total. The molecule has 0 radical (unpaired) electrons. The van der Waals surface area contributed by atoms with Crippen molar-refractivity contribution in [2.75, 3.05) is 0 Å². The molecule has 0 saturated heterocycles.